The van der Waals surface area contributed by atoms with Gasteiger partial charge in [-0.15, -0.1) is 11.3 Å². The Bertz CT molecular complexity index is 436. The quantitative estimate of drug-likeness (QED) is 0.766. The molecule has 0 N–H and O–H groups in total. The SMILES string of the molecule is CC1CCCC(C)N1CC(=O)c1cc(Cl)sc1Cl. The van der Waals surface area contributed by atoms with Crippen LogP contribution in [0.25, 0.3) is 0 Å². The van der Waals surface area contributed by atoms with Gasteiger partial charge in [-0.3, -0.25) is 9.69 Å². The molecule has 100 valence electrons. The van der Waals surface area contributed by atoms with Crippen LogP contribution in [0.1, 0.15) is 43.5 Å². The van der Waals surface area contributed by atoms with Crippen LogP contribution < -0.4 is 0 Å². The fraction of sp³-hybridized carbons (Fsp3) is 0.615. The topological polar surface area (TPSA) is 20.3 Å². The number of piperidine rings is 1. The van der Waals surface area contributed by atoms with E-state index in [2.05, 4.69) is 18.7 Å². The molecule has 2 rings (SSSR count). The molecule has 2 atom stereocenters. The van der Waals surface area contributed by atoms with Crippen LogP contribution in [0, 0.1) is 0 Å². The van der Waals surface area contributed by atoms with E-state index in [0.717, 1.165) is 12.8 Å². The second-order valence-corrected chi connectivity index (χ2v) is 7.25. The van der Waals surface area contributed by atoms with E-state index >= 15 is 0 Å². The second-order valence-electron chi connectivity index (χ2n) is 4.96. The van der Waals surface area contributed by atoms with Crippen molar-refractivity contribution in [1.82, 2.24) is 4.90 Å². The lowest BCUT2D eigenvalue weighted by atomic mass is 9.97. The first-order valence-corrected chi connectivity index (χ1v) is 7.80. The summed E-state index contributed by atoms with van der Waals surface area (Å²) in [6, 6.07) is 2.60. The molecule has 1 aliphatic rings. The van der Waals surface area contributed by atoms with Gasteiger partial charge in [0, 0.05) is 12.1 Å². The Labute approximate surface area is 122 Å². The Morgan fingerprint density at radius 1 is 1.39 bits per heavy atom. The zero-order chi connectivity index (χ0) is 13.3. The van der Waals surface area contributed by atoms with Gasteiger partial charge in [-0.2, -0.15) is 0 Å². The van der Waals surface area contributed by atoms with Gasteiger partial charge in [-0.05, 0) is 32.8 Å². The molecule has 0 saturated carbocycles. The largest absolute Gasteiger partial charge is 0.293 e. The van der Waals surface area contributed by atoms with Crippen molar-refractivity contribution in [3.63, 3.8) is 0 Å². The lowest BCUT2D eigenvalue weighted by molar-refractivity contribution is 0.0735. The average molecular weight is 306 g/mol. The van der Waals surface area contributed by atoms with Crippen LogP contribution in [0.4, 0.5) is 0 Å². The Morgan fingerprint density at radius 3 is 2.50 bits per heavy atom. The fourth-order valence-corrected chi connectivity index (χ4v) is 4.07. The van der Waals surface area contributed by atoms with Gasteiger partial charge in [0.25, 0.3) is 0 Å². The van der Waals surface area contributed by atoms with Crippen molar-refractivity contribution < 1.29 is 4.79 Å². The molecule has 2 unspecified atom stereocenters. The minimum absolute atomic E-state index is 0.0729. The van der Waals surface area contributed by atoms with Crippen LogP contribution in [-0.2, 0) is 0 Å². The molecule has 5 heteroatoms. The lowest BCUT2D eigenvalue weighted by Gasteiger charge is -2.38. The van der Waals surface area contributed by atoms with Crippen molar-refractivity contribution in [2.75, 3.05) is 6.54 Å². The molecule has 2 heterocycles. The standard InChI is InChI=1S/C13H17Cl2NOS/c1-8-4-3-5-9(2)16(8)7-11(17)10-6-12(14)18-13(10)15/h6,8-9H,3-5,7H2,1-2H3. The molecule has 0 amide bonds. The average Bonchev–Trinajstić information content (AvgIpc) is 2.63. The van der Waals surface area contributed by atoms with Crippen molar-refractivity contribution in [2.24, 2.45) is 0 Å². The molecule has 1 aromatic rings. The molecule has 2 nitrogen and oxygen atoms in total. The zero-order valence-corrected chi connectivity index (χ0v) is 12.9. The van der Waals surface area contributed by atoms with Crippen LogP contribution in [0.2, 0.25) is 8.67 Å². The van der Waals surface area contributed by atoms with Crippen LogP contribution in [0.15, 0.2) is 6.07 Å². The maximum Gasteiger partial charge on any atom is 0.179 e. The predicted octanol–water partition coefficient (Wildman–Crippen LogP) is 4.50. The van der Waals surface area contributed by atoms with Crippen LogP contribution in [-0.4, -0.2) is 29.3 Å². The van der Waals surface area contributed by atoms with Crippen molar-refractivity contribution in [3.8, 4) is 0 Å². The summed E-state index contributed by atoms with van der Waals surface area (Å²) < 4.78 is 1.07. The van der Waals surface area contributed by atoms with Gasteiger partial charge in [0.2, 0.25) is 0 Å². The number of ketones is 1. The summed E-state index contributed by atoms with van der Waals surface area (Å²) >= 11 is 13.2. The third kappa shape index (κ3) is 3.08. The van der Waals surface area contributed by atoms with E-state index in [1.54, 1.807) is 6.07 Å². The number of thiophene rings is 1. The van der Waals surface area contributed by atoms with Gasteiger partial charge in [0.05, 0.1) is 16.4 Å². The number of rotatable bonds is 3. The first-order valence-electron chi connectivity index (χ1n) is 6.23. The smallest absolute Gasteiger partial charge is 0.179 e. The van der Waals surface area contributed by atoms with Crippen molar-refractivity contribution >= 4 is 40.3 Å². The van der Waals surface area contributed by atoms with Gasteiger partial charge in [0.15, 0.2) is 5.78 Å². The molecule has 18 heavy (non-hydrogen) atoms. The van der Waals surface area contributed by atoms with E-state index in [1.807, 2.05) is 0 Å². The summed E-state index contributed by atoms with van der Waals surface area (Å²) in [6.07, 6.45) is 3.57. The fourth-order valence-electron chi connectivity index (χ4n) is 2.57. The number of halogens is 2. The van der Waals surface area contributed by atoms with Gasteiger partial charge in [0.1, 0.15) is 4.34 Å². The highest BCUT2D eigenvalue weighted by Gasteiger charge is 2.27. The summed E-state index contributed by atoms with van der Waals surface area (Å²) in [5.41, 5.74) is 0.566. The third-order valence-corrected chi connectivity index (χ3v) is 5.15. The van der Waals surface area contributed by atoms with Crippen LogP contribution in [0.5, 0.6) is 0 Å². The van der Waals surface area contributed by atoms with E-state index in [0.29, 0.717) is 32.9 Å². The van der Waals surface area contributed by atoms with Gasteiger partial charge in [-0.25, -0.2) is 0 Å². The summed E-state index contributed by atoms with van der Waals surface area (Å²) in [5, 5.41) is 0. The normalized spacial score (nSPS) is 25.3. The Hall–Kier alpha value is -0.0900. The van der Waals surface area contributed by atoms with Crippen molar-refractivity contribution in [3.05, 3.63) is 20.3 Å². The number of carbonyl (C=O) groups excluding carboxylic acids is 1. The molecule has 1 aliphatic heterocycles. The maximum atomic E-state index is 12.3. The Balaban J connectivity index is 2.08. The van der Waals surface area contributed by atoms with Crippen LogP contribution >= 0.6 is 34.5 Å². The zero-order valence-electron chi connectivity index (χ0n) is 10.6. The van der Waals surface area contributed by atoms with Gasteiger partial charge in [-0.1, -0.05) is 29.6 Å². The molecule has 0 radical (unpaired) electrons. The van der Waals surface area contributed by atoms with Gasteiger partial charge < -0.3 is 0 Å². The third-order valence-electron chi connectivity index (χ3n) is 3.66. The minimum Gasteiger partial charge on any atom is -0.293 e. The van der Waals surface area contributed by atoms with E-state index in [-0.39, 0.29) is 5.78 Å². The predicted molar refractivity (Wildman–Crippen MR) is 78.2 cm³/mol. The molecule has 1 saturated heterocycles. The number of Topliss-reactive ketones (excluding diaryl/α,β-unsaturated/α-hetero) is 1. The number of hydrogen-bond acceptors (Lipinski definition) is 3. The summed E-state index contributed by atoms with van der Waals surface area (Å²) in [7, 11) is 0. The first kappa shape index (κ1) is 14.3. The summed E-state index contributed by atoms with van der Waals surface area (Å²) in [4.78, 5) is 14.5. The Morgan fingerprint density at radius 2 is 2.00 bits per heavy atom. The molecular weight excluding hydrogens is 289 g/mol. The Kier molecular flexibility index (Phi) is 4.70. The second kappa shape index (κ2) is 5.91. The number of nitrogens with zero attached hydrogens (tertiary/aromatic N) is 1. The van der Waals surface area contributed by atoms with Crippen LogP contribution in [0.3, 0.4) is 0 Å². The molecular formula is C13H17Cl2NOS. The summed E-state index contributed by atoms with van der Waals surface area (Å²) in [6.45, 7) is 4.81. The van der Waals surface area contributed by atoms with E-state index in [9.17, 15) is 4.79 Å². The molecule has 1 aromatic heterocycles. The van der Waals surface area contributed by atoms with E-state index in [1.165, 1.54) is 17.8 Å². The number of carbonyl (C=O) groups is 1. The van der Waals surface area contributed by atoms with E-state index in [4.69, 9.17) is 23.2 Å². The monoisotopic (exact) mass is 305 g/mol. The molecule has 0 spiro atoms. The highest BCUT2D eigenvalue weighted by atomic mass is 35.5. The maximum absolute atomic E-state index is 12.3. The molecule has 0 aliphatic carbocycles. The highest BCUT2D eigenvalue weighted by molar-refractivity contribution is 7.20. The van der Waals surface area contributed by atoms with Crippen molar-refractivity contribution in [1.29, 1.82) is 0 Å². The minimum atomic E-state index is 0.0729. The molecule has 0 bridgehead atoms. The number of hydrogen-bond donors (Lipinski definition) is 0. The summed E-state index contributed by atoms with van der Waals surface area (Å²) in [5.74, 6) is 0.0729. The molecule has 1 fully saturated rings. The van der Waals surface area contributed by atoms with E-state index < -0.39 is 0 Å². The highest BCUT2D eigenvalue weighted by Crippen LogP contribution is 2.32. The number of likely N-dealkylation sites (tertiary alicyclic amines) is 1. The first-order chi connectivity index (χ1) is 8.49. The molecule has 0 aromatic carbocycles. The van der Waals surface area contributed by atoms with Crippen molar-refractivity contribution in [2.45, 2.75) is 45.2 Å². The van der Waals surface area contributed by atoms with Gasteiger partial charge >= 0.3 is 0 Å². The lowest BCUT2D eigenvalue weighted by Crippen LogP contribution is -2.46.